The fourth-order valence-electron chi connectivity index (χ4n) is 1.32. The van der Waals surface area contributed by atoms with Crippen molar-refractivity contribution in [3.63, 3.8) is 0 Å². The van der Waals surface area contributed by atoms with Gasteiger partial charge in [0.2, 0.25) is 0 Å². The number of carboxylic acids is 1. The van der Waals surface area contributed by atoms with Crippen LogP contribution in [-0.2, 0) is 9.53 Å². The van der Waals surface area contributed by atoms with Crippen LogP contribution >= 0.6 is 0 Å². The summed E-state index contributed by atoms with van der Waals surface area (Å²) in [5, 5.41) is 18.0. The fourth-order valence-corrected chi connectivity index (χ4v) is 1.32. The molecular formula is C9H16N2O4. The highest BCUT2D eigenvalue weighted by molar-refractivity contribution is 5.75. The van der Waals surface area contributed by atoms with Gasteiger partial charge in [0.05, 0.1) is 19.8 Å². The monoisotopic (exact) mass is 216 g/mol. The summed E-state index contributed by atoms with van der Waals surface area (Å²) < 4.78 is 5.14. The van der Waals surface area contributed by atoms with Crippen LogP contribution in [0.3, 0.4) is 0 Å². The maximum atomic E-state index is 10.4. The molecule has 0 saturated carbocycles. The van der Waals surface area contributed by atoms with E-state index in [-0.39, 0.29) is 5.76 Å². The molecule has 0 aromatic rings. The minimum absolute atomic E-state index is 0.00759. The topological polar surface area (TPSA) is 96.0 Å². The van der Waals surface area contributed by atoms with Crippen molar-refractivity contribution >= 4 is 5.97 Å². The van der Waals surface area contributed by atoms with Gasteiger partial charge in [-0.1, -0.05) is 0 Å². The second-order valence-electron chi connectivity index (χ2n) is 3.41. The van der Waals surface area contributed by atoms with Crippen LogP contribution in [0.15, 0.2) is 11.8 Å². The Labute approximate surface area is 87.9 Å². The molecule has 6 nitrogen and oxygen atoms in total. The molecule has 1 saturated heterocycles. The standard InChI is InChI=1S/C9H16N2O4/c10-8(9(13)14)5-7(12)6-11-1-3-15-4-2-11/h5,8,12H,1-4,6,10H2,(H,13,14)/b7-5-. The molecule has 0 aliphatic carbocycles. The van der Waals surface area contributed by atoms with E-state index < -0.39 is 12.0 Å². The molecule has 1 aliphatic heterocycles. The smallest absolute Gasteiger partial charge is 0.324 e. The lowest BCUT2D eigenvalue weighted by molar-refractivity contribution is -0.137. The van der Waals surface area contributed by atoms with Gasteiger partial charge in [-0.05, 0) is 6.08 Å². The van der Waals surface area contributed by atoms with E-state index in [9.17, 15) is 9.90 Å². The van der Waals surface area contributed by atoms with Gasteiger partial charge in [0, 0.05) is 13.1 Å². The van der Waals surface area contributed by atoms with Gasteiger partial charge in [-0.3, -0.25) is 9.69 Å². The van der Waals surface area contributed by atoms with E-state index in [1.807, 2.05) is 4.90 Å². The lowest BCUT2D eigenvalue weighted by atomic mass is 10.2. The van der Waals surface area contributed by atoms with E-state index in [0.717, 1.165) is 19.2 Å². The molecule has 0 amide bonds. The number of aliphatic carboxylic acids is 1. The van der Waals surface area contributed by atoms with Gasteiger partial charge in [0.1, 0.15) is 11.8 Å². The number of nitrogens with two attached hydrogens (primary N) is 1. The quantitative estimate of drug-likeness (QED) is 0.531. The molecular weight excluding hydrogens is 200 g/mol. The van der Waals surface area contributed by atoms with E-state index in [0.29, 0.717) is 19.8 Å². The van der Waals surface area contributed by atoms with Crippen molar-refractivity contribution < 1.29 is 19.7 Å². The Hall–Kier alpha value is -1.11. The number of aliphatic hydroxyl groups excluding tert-OH is 1. The van der Waals surface area contributed by atoms with Gasteiger partial charge in [-0.2, -0.15) is 0 Å². The maximum absolute atomic E-state index is 10.4. The Bertz CT molecular complexity index is 248. The highest BCUT2D eigenvalue weighted by atomic mass is 16.5. The number of carboxylic acid groups (broad SMARTS) is 1. The molecule has 1 aliphatic rings. The van der Waals surface area contributed by atoms with Gasteiger partial charge >= 0.3 is 5.97 Å². The van der Waals surface area contributed by atoms with Crippen molar-refractivity contribution in [2.75, 3.05) is 32.8 Å². The zero-order chi connectivity index (χ0) is 11.3. The number of rotatable bonds is 4. The summed E-state index contributed by atoms with van der Waals surface area (Å²) in [6.45, 7) is 3.07. The van der Waals surface area contributed by atoms with Crippen LogP contribution in [0.2, 0.25) is 0 Å². The average Bonchev–Trinajstić information content (AvgIpc) is 2.18. The summed E-state index contributed by atoms with van der Waals surface area (Å²) in [7, 11) is 0. The molecule has 1 unspecified atom stereocenters. The molecule has 0 aromatic carbocycles. The van der Waals surface area contributed by atoms with Crippen LogP contribution in [0, 0.1) is 0 Å². The molecule has 0 spiro atoms. The number of carbonyl (C=O) groups is 1. The van der Waals surface area contributed by atoms with Crippen LogP contribution in [0.25, 0.3) is 0 Å². The lowest BCUT2D eigenvalue weighted by Crippen LogP contribution is -2.38. The number of morpholine rings is 1. The Morgan fingerprint density at radius 1 is 1.47 bits per heavy atom. The van der Waals surface area contributed by atoms with E-state index in [2.05, 4.69) is 0 Å². The van der Waals surface area contributed by atoms with E-state index in [4.69, 9.17) is 15.6 Å². The second-order valence-corrected chi connectivity index (χ2v) is 3.41. The third kappa shape index (κ3) is 4.28. The van der Waals surface area contributed by atoms with Crippen LogP contribution in [-0.4, -0.2) is 60.0 Å². The zero-order valence-corrected chi connectivity index (χ0v) is 8.43. The summed E-state index contributed by atoms with van der Waals surface area (Å²) in [6.07, 6.45) is 1.15. The van der Waals surface area contributed by atoms with E-state index >= 15 is 0 Å². The summed E-state index contributed by atoms with van der Waals surface area (Å²) in [5.74, 6) is -1.16. The summed E-state index contributed by atoms with van der Waals surface area (Å²) in [4.78, 5) is 12.4. The van der Waals surface area contributed by atoms with Crippen molar-refractivity contribution in [2.24, 2.45) is 5.73 Å². The normalized spacial score (nSPS) is 21.3. The molecule has 1 rings (SSSR count). The van der Waals surface area contributed by atoms with Gasteiger partial charge in [-0.25, -0.2) is 0 Å². The van der Waals surface area contributed by atoms with Crippen LogP contribution < -0.4 is 5.73 Å². The molecule has 6 heteroatoms. The summed E-state index contributed by atoms with van der Waals surface area (Å²) in [6, 6.07) is -1.15. The van der Waals surface area contributed by atoms with Gasteiger partial charge < -0.3 is 20.7 Å². The average molecular weight is 216 g/mol. The first-order chi connectivity index (χ1) is 7.09. The Morgan fingerprint density at radius 3 is 2.60 bits per heavy atom. The lowest BCUT2D eigenvalue weighted by Gasteiger charge is -2.26. The molecule has 86 valence electrons. The number of nitrogens with zero attached hydrogens (tertiary/aromatic N) is 1. The first-order valence-corrected chi connectivity index (χ1v) is 4.77. The number of hydrogen-bond donors (Lipinski definition) is 3. The number of aliphatic hydroxyl groups is 1. The second kappa shape index (κ2) is 5.69. The number of hydrogen-bond acceptors (Lipinski definition) is 5. The van der Waals surface area contributed by atoms with Crippen molar-refractivity contribution in [2.45, 2.75) is 6.04 Å². The van der Waals surface area contributed by atoms with Crippen molar-refractivity contribution in [3.8, 4) is 0 Å². The van der Waals surface area contributed by atoms with Crippen LogP contribution in [0.5, 0.6) is 0 Å². The zero-order valence-electron chi connectivity index (χ0n) is 8.43. The predicted octanol–water partition coefficient (Wildman–Crippen LogP) is -0.828. The maximum Gasteiger partial charge on any atom is 0.324 e. The Kier molecular flexibility index (Phi) is 4.54. The van der Waals surface area contributed by atoms with Crippen LogP contribution in [0.1, 0.15) is 0 Å². The van der Waals surface area contributed by atoms with Gasteiger partial charge in [0.15, 0.2) is 0 Å². The van der Waals surface area contributed by atoms with Crippen molar-refractivity contribution in [1.29, 1.82) is 0 Å². The fraction of sp³-hybridized carbons (Fsp3) is 0.667. The Morgan fingerprint density at radius 2 is 2.07 bits per heavy atom. The number of ether oxygens (including phenoxy) is 1. The first-order valence-electron chi connectivity index (χ1n) is 4.77. The molecule has 1 fully saturated rings. The Balaban J connectivity index is 2.39. The van der Waals surface area contributed by atoms with Crippen LogP contribution in [0.4, 0.5) is 0 Å². The first kappa shape index (κ1) is 12.0. The third-order valence-electron chi connectivity index (χ3n) is 2.15. The molecule has 0 bridgehead atoms. The molecule has 4 N–H and O–H groups in total. The van der Waals surface area contributed by atoms with E-state index in [1.54, 1.807) is 0 Å². The summed E-state index contributed by atoms with van der Waals surface area (Å²) >= 11 is 0. The molecule has 1 heterocycles. The largest absolute Gasteiger partial charge is 0.511 e. The minimum atomic E-state index is -1.15. The summed E-state index contributed by atoms with van der Waals surface area (Å²) in [5.41, 5.74) is 5.24. The highest BCUT2D eigenvalue weighted by Crippen LogP contribution is 2.01. The van der Waals surface area contributed by atoms with Crippen molar-refractivity contribution in [1.82, 2.24) is 4.90 Å². The molecule has 0 aromatic heterocycles. The third-order valence-corrected chi connectivity index (χ3v) is 2.15. The molecule has 0 radical (unpaired) electrons. The minimum Gasteiger partial charge on any atom is -0.511 e. The predicted molar refractivity (Wildman–Crippen MR) is 53.6 cm³/mol. The SMILES string of the molecule is NC(/C=C(\O)CN1CCOCC1)C(=O)O. The molecule has 15 heavy (non-hydrogen) atoms. The van der Waals surface area contributed by atoms with Crippen molar-refractivity contribution in [3.05, 3.63) is 11.8 Å². The van der Waals surface area contributed by atoms with E-state index in [1.165, 1.54) is 0 Å². The van der Waals surface area contributed by atoms with Gasteiger partial charge in [-0.15, -0.1) is 0 Å². The highest BCUT2D eigenvalue weighted by Gasteiger charge is 2.14. The van der Waals surface area contributed by atoms with Gasteiger partial charge in [0.25, 0.3) is 0 Å². The molecule has 1 atom stereocenters.